The second-order valence-corrected chi connectivity index (χ2v) is 12.8. The molecule has 0 N–H and O–H groups in total. The Labute approximate surface area is 260 Å². The van der Waals surface area contributed by atoms with E-state index < -0.39 is 0 Å². The molecule has 0 aliphatic carbocycles. The van der Waals surface area contributed by atoms with Crippen molar-refractivity contribution >= 4 is 43.7 Å². The van der Waals surface area contributed by atoms with E-state index >= 15 is 0 Å². The Hall–Kier alpha value is -2.84. The van der Waals surface area contributed by atoms with Gasteiger partial charge in [-0.2, -0.15) is 0 Å². The van der Waals surface area contributed by atoms with Crippen molar-refractivity contribution in [1.82, 2.24) is 9.80 Å². The molecule has 2 amide bonds. The molecule has 0 aromatic heterocycles. The van der Waals surface area contributed by atoms with Gasteiger partial charge < -0.3 is 14.4 Å². The van der Waals surface area contributed by atoms with Crippen molar-refractivity contribution in [3.63, 3.8) is 0 Å². The SMILES string of the molecule is CCOc1cc(OC)ccc1C1=NC(c2ccc(Br)cc2)C(c2ccc(Br)cc2)N1C(=O)N1CCC(C(C)C)CC1. The van der Waals surface area contributed by atoms with Gasteiger partial charge in [0.05, 0.1) is 25.3 Å². The zero-order valence-corrected chi connectivity index (χ0v) is 27.2. The Morgan fingerprint density at radius 1 is 0.951 bits per heavy atom. The zero-order chi connectivity index (χ0) is 29.1. The minimum absolute atomic E-state index is 0.0169. The maximum absolute atomic E-state index is 14.6. The van der Waals surface area contributed by atoms with Gasteiger partial charge in [-0.3, -0.25) is 9.89 Å². The molecule has 6 nitrogen and oxygen atoms in total. The Balaban J connectivity index is 1.65. The number of piperidine rings is 1. The minimum atomic E-state index is -0.328. The van der Waals surface area contributed by atoms with Gasteiger partial charge in [-0.25, -0.2) is 4.79 Å². The number of aliphatic imine (C=N–C) groups is 1. The quantitative estimate of drug-likeness (QED) is 0.251. The van der Waals surface area contributed by atoms with Gasteiger partial charge in [0.25, 0.3) is 0 Å². The lowest BCUT2D eigenvalue weighted by molar-refractivity contribution is 0.132. The largest absolute Gasteiger partial charge is 0.497 e. The van der Waals surface area contributed by atoms with Crippen LogP contribution in [-0.2, 0) is 0 Å². The summed E-state index contributed by atoms with van der Waals surface area (Å²) in [5.41, 5.74) is 2.84. The highest BCUT2D eigenvalue weighted by molar-refractivity contribution is 9.10. The van der Waals surface area contributed by atoms with Crippen LogP contribution >= 0.6 is 31.9 Å². The Bertz CT molecular complexity index is 1380. The molecule has 3 aromatic rings. The number of urea groups is 1. The number of halogens is 2. The summed E-state index contributed by atoms with van der Waals surface area (Å²) in [7, 11) is 1.64. The van der Waals surface area contributed by atoms with Gasteiger partial charge in [0.15, 0.2) is 0 Å². The molecule has 2 aliphatic heterocycles. The molecule has 2 aliphatic rings. The molecule has 1 saturated heterocycles. The van der Waals surface area contributed by atoms with E-state index in [1.165, 1.54) is 0 Å². The number of nitrogens with zero attached hydrogens (tertiary/aromatic N) is 3. The number of carbonyl (C=O) groups is 1. The number of likely N-dealkylation sites (tertiary alicyclic amines) is 1. The van der Waals surface area contributed by atoms with Crippen molar-refractivity contribution in [2.75, 3.05) is 26.8 Å². The van der Waals surface area contributed by atoms with Gasteiger partial charge >= 0.3 is 6.03 Å². The van der Waals surface area contributed by atoms with E-state index in [4.69, 9.17) is 14.5 Å². The second kappa shape index (κ2) is 13.0. The first-order chi connectivity index (χ1) is 19.8. The molecule has 8 heteroatoms. The third-order valence-electron chi connectivity index (χ3n) is 8.18. The number of methoxy groups -OCH3 is 1. The maximum atomic E-state index is 14.6. The summed E-state index contributed by atoms with van der Waals surface area (Å²) in [6.45, 7) is 8.47. The van der Waals surface area contributed by atoms with Crippen LogP contribution in [0.1, 0.15) is 62.4 Å². The van der Waals surface area contributed by atoms with Crippen LogP contribution in [0.3, 0.4) is 0 Å². The van der Waals surface area contributed by atoms with E-state index in [0.29, 0.717) is 35.8 Å². The maximum Gasteiger partial charge on any atom is 0.326 e. The molecule has 216 valence electrons. The first kappa shape index (κ1) is 29.6. The van der Waals surface area contributed by atoms with Gasteiger partial charge in [-0.1, -0.05) is 70.0 Å². The lowest BCUT2D eigenvalue weighted by atomic mass is 9.87. The number of hydrogen-bond acceptors (Lipinski definition) is 4. The summed E-state index contributed by atoms with van der Waals surface area (Å²) >= 11 is 7.16. The number of carbonyl (C=O) groups excluding carboxylic acids is 1. The molecule has 5 rings (SSSR count). The molecular weight excluding hydrogens is 646 g/mol. The Morgan fingerprint density at radius 2 is 1.56 bits per heavy atom. The predicted octanol–water partition coefficient (Wildman–Crippen LogP) is 8.65. The third kappa shape index (κ3) is 6.33. The Kier molecular flexibility index (Phi) is 9.39. The van der Waals surface area contributed by atoms with Gasteiger partial charge in [0.1, 0.15) is 23.4 Å². The van der Waals surface area contributed by atoms with E-state index in [-0.39, 0.29) is 18.1 Å². The van der Waals surface area contributed by atoms with Crippen LogP contribution in [-0.4, -0.2) is 48.5 Å². The van der Waals surface area contributed by atoms with Crippen LogP contribution in [0.5, 0.6) is 11.5 Å². The summed E-state index contributed by atoms with van der Waals surface area (Å²) in [5.74, 6) is 3.20. The molecule has 0 spiro atoms. The molecule has 0 bridgehead atoms. The fourth-order valence-electron chi connectivity index (χ4n) is 5.85. The summed E-state index contributed by atoms with van der Waals surface area (Å²) in [6, 6.07) is 21.5. The number of amides is 2. The molecule has 2 heterocycles. The minimum Gasteiger partial charge on any atom is -0.497 e. The number of amidine groups is 1. The number of hydrogen-bond donors (Lipinski definition) is 0. The van der Waals surface area contributed by atoms with E-state index in [9.17, 15) is 4.79 Å². The normalized spacial score (nSPS) is 19.4. The predicted molar refractivity (Wildman–Crippen MR) is 171 cm³/mol. The van der Waals surface area contributed by atoms with E-state index in [0.717, 1.165) is 51.6 Å². The summed E-state index contributed by atoms with van der Waals surface area (Å²) < 4.78 is 13.6. The molecular formula is C33H37Br2N3O3. The van der Waals surface area contributed by atoms with Crippen LogP contribution in [0, 0.1) is 11.8 Å². The van der Waals surface area contributed by atoms with Crippen LogP contribution < -0.4 is 9.47 Å². The number of ether oxygens (including phenoxy) is 2. The van der Waals surface area contributed by atoms with Crippen molar-refractivity contribution < 1.29 is 14.3 Å². The standard InChI is InChI=1S/C33H37Br2N3O3/c1-5-41-29-20-27(40-4)14-15-28(29)32-36-30(23-6-10-25(34)11-7-23)31(24-8-12-26(35)13-9-24)38(32)33(39)37-18-16-22(17-19-37)21(2)3/h6-15,20-22,30-31H,5,16-19H2,1-4H3. The van der Waals surface area contributed by atoms with E-state index in [1.54, 1.807) is 7.11 Å². The molecule has 0 radical (unpaired) electrons. The van der Waals surface area contributed by atoms with Crippen molar-refractivity contribution in [3.8, 4) is 11.5 Å². The number of rotatable bonds is 7. The molecule has 1 fully saturated rings. The molecule has 2 unspecified atom stereocenters. The van der Waals surface area contributed by atoms with Crippen LogP contribution in [0.15, 0.2) is 80.7 Å². The highest BCUT2D eigenvalue weighted by Crippen LogP contribution is 2.46. The smallest absolute Gasteiger partial charge is 0.326 e. The van der Waals surface area contributed by atoms with Crippen molar-refractivity contribution in [3.05, 3.63) is 92.4 Å². The second-order valence-electron chi connectivity index (χ2n) is 11.0. The van der Waals surface area contributed by atoms with Crippen molar-refractivity contribution in [1.29, 1.82) is 0 Å². The highest BCUT2D eigenvalue weighted by Gasteiger charge is 2.45. The molecule has 0 saturated carbocycles. The van der Waals surface area contributed by atoms with Crippen LogP contribution in [0.2, 0.25) is 0 Å². The van der Waals surface area contributed by atoms with Gasteiger partial charge in [0, 0.05) is 28.1 Å². The van der Waals surface area contributed by atoms with Gasteiger partial charge in [0.2, 0.25) is 0 Å². The molecule has 41 heavy (non-hydrogen) atoms. The summed E-state index contributed by atoms with van der Waals surface area (Å²) in [6.07, 6.45) is 2.02. The zero-order valence-electron chi connectivity index (χ0n) is 24.0. The highest BCUT2D eigenvalue weighted by atomic mass is 79.9. The first-order valence-corrected chi connectivity index (χ1v) is 15.9. The lowest BCUT2D eigenvalue weighted by Gasteiger charge is -2.38. The first-order valence-electron chi connectivity index (χ1n) is 14.3. The topological polar surface area (TPSA) is 54.4 Å². The van der Waals surface area contributed by atoms with E-state index in [1.807, 2.05) is 59.2 Å². The molecule has 2 atom stereocenters. The summed E-state index contributed by atoms with van der Waals surface area (Å²) in [5, 5.41) is 0. The van der Waals surface area contributed by atoms with Crippen LogP contribution in [0.25, 0.3) is 0 Å². The van der Waals surface area contributed by atoms with Gasteiger partial charge in [-0.15, -0.1) is 0 Å². The van der Waals surface area contributed by atoms with Gasteiger partial charge in [-0.05, 0) is 79.1 Å². The average molecular weight is 683 g/mol. The fourth-order valence-corrected chi connectivity index (χ4v) is 6.38. The van der Waals surface area contributed by atoms with Crippen molar-refractivity contribution in [2.24, 2.45) is 16.8 Å². The van der Waals surface area contributed by atoms with E-state index in [2.05, 4.69) is 70.0 Å². The summed E-state index contributed by atoms with van der Waals surface area (Å²) in [4.78, 5) is 23.9. The number of benzene rings is 3. The fraction of sp³-hybridized carbons (Fsp3) is 0.394. The lowest BCUT2D eigenvalue weighted by Crippen LogP contribution is -2.49. The van der Waals surface area contributed by atoms with Crippen LogP contribution in [0.4, 0.5) is 4.79 Å². The Morgan fingerprint density at radius 3 is 2.12 bits per heavy atom. The molecule has 3 aromatic carbocycles. The third-order valence-corrected chi connectivity index (χ3v) is 9.24. The monoisotopic (exact) mass is 681 g/mol. The average Bonchev–Trinajstić information content (AvgIpc) is 3.38. The van der Waals surface area contributed by atoms with Crippen molar-refractivity contribution in [2.45, 2.75) is 45.7 Å².